The third-order valence-electron chi connectivity index (χ3n) is 10.7. The normalized spacial score (nSPS) is 11.1. The zero-order valence-electron chi connectivity index (χ0n) is 31.7. The number of hydrogen-bond acceptors (Lipinski definition) is 3. The molecule has 3 heteroatoms. The van der Waals surface area contributed by atoms with Crippen LogP contribution in [-0.2, 0) is 0 Å². The van der Waals surface area contributed by atoms with Gasteiger partial charge in [-0.05, 0) is 87.0 Å². The monoisotopic (exact) mass is 739 g/mol. The molecule has 8 aromatic carbocycles. The Hall–Kier alpha value is -7.75. The van der Waals surface area contributed by atoms with Gasteiger partial charge in [-0.3, -0.25) is 0 Å². The summed E-state index contributed by atoms with van der Waals surface area (Å²) in [5.74, 6) is 0.659. The molecular weight excluding hydrogens is 703 g/mol. The first-order valence-corrected chi connectivity index (χ1v) is 19.6. The minimum absolute atomic E-state index is 0.659. The lowest BCUT2D eigenvalue weighted by atomic mass is 9.95. The van der Waals surface area contributed by atoms with Gasteiger partial charge in [0.05, 0.1) is 22.6 Å². The van der Waals surface area contributed by atoms with Crippen LogP contribution in [0.25, 0.3) is 101 Å². The van der Waals surface area contributed by atoms with Crippen molar-refractivity contribution in [3.63, 3.8) is 0 Å². The zero-order chi connectivity index (χ0) is 38.7. The van der Waals surface area contributed by atoms with Crippen LogP contribution in [0.1, 0.15) is 0 Å². The van der Waals surface area contributed by atoms with Crippen molar-refractivity contribution >= 4 is 10.9 Å². The van der Waals surface area contributed by atoms with Gasteiger partial charge in [0, 0.05) is 27.6 Å². The maximum absolute atomic E-state index is 5.39. The first-order chi connectivity index (χ1) is 28.7. The van der Waals surface area contributed by atoms with Crippen molar-refractivity contribution in [1.29, 1.82) is 0 Å². The maximum Gasteiger partial charge on any atom is 0.160 e. The van der Waals surface area contributed by atoms with Gasteiger partial charge in [0.2, 0.25) is 0 Å². The molecule has 0 fully saturated rings. The molecule has 272 valence electrons. The standard InChI is InChI=1S/C55H37N3/c1-6-16-38(17-7-1)42-26-28-43(29-27-42)51-36-47(41-22-12-4-13-23-41)37-52(56-51)48-32-46(40-20-10-3-11-21-40)33-49(34-48)55-57-53-35-45(39-18-8-2-9-19-39)30-31-50(53)54(58-55)44-24-14-5-15-25-44/h1-37H. The van der Waals surface area contributed by atoms with Gasteiger partial charge in [-0.25, -0.2) is 15.0 Å². The molecule has 0 unspecified atom stereocenters. The summed E-state index contributed by atoms with van der Waals surface area (Å²) >= 11 is 0. The van der Waals surface area contributed by atoms with Crippen molar-refractivity contribution in [3.8, 4) is 89.7 Å². The van der Waals surface area contributed by atoms with E-state index in [2.05, 4.69) is 206 Å². The largest absolute Gasteiger partial charge is 0.248 e. The quantitative estimate of drug-likeness (QED) is 0.156. The molecule has 3 nitrogen and oxygen atoms in total. The van der Waals surface area contributed by atoms with Gasteiger partial charge in [0.25, 0.3) is 0 Å². The lowest BCUT2D eigenvalue weighted by molar-refractivity contribution is 1.23. The van der Waals surface area contributed by atoms with E-state index in [0.717, 1.165) is 83.6 Å². The van der Waals surface area contributed by atoms with Crippen molar-refractivity contribution in [2.24, 2.45) is 0 Å². The van der Waals surface area contributed by atoms with E-state index in [-0.39, 0.29) is 0 Å². The highest BCUT2D eigenvalue weighted by Gasteiger charge is 2.17. The number of benzene rings is 8. The third kappa shape index (κ3) is 7.09. The summed E-state index contributed by atoms with van der Waals surface area (Å²) in [5.41, 5.74) is 16.6. The molecule has 0 aliphatic heterocycles. The van der Waals surface area contributed by atoms with Crippen molar-refractivity contribution in [2.75, 3.05) is 0 Å². The fourth-order valence-electron chi connectivity index (χ4n) is 7.67. The Balaban J connectivity index is 1.17. The molecule has 58 heavy (non-hydrogen) atoms. The summed E-state index contributed by atoms with van der Waals surface area (Å²) in [7, 11) is 0. The molecule has 0 aliphatic carbocycles. The molecule has 0 N–H and O–H groups in total. The SMILES string of the molecule is c1ccc(-c2ccc(-c3cc(-c4ccccc4)cc(-c4cc(-c5ccccc5)cc(-c5nc(-c6ccccc6)c6ccc(-c7ccccc7)cc6n5)c4)n3)cc2)cc1. The van der Waals surface area contributed by atoms with Crippen LogP contribution in [0, 0.1) is 0 Å². The summed E-state index contributed by atoms with van der Waals surface area (Å²) in [4.78, 5) is 16.1. The fraction of sp³-hybridized carbons (Fsp3) is 0. The molecular formula is C55H37N3. The molecule has 2 aromatic heterocycles. The van der Waals surface area contributed by atoms with E-state index in [0.29, 0.717) is 5.82 Å². The Labute approximate surface area is 338 Å². The van der Waals surface area contributed by atoms with Crippen LogP contribution in [0.15, 0.2) is 224 Å². The second-order valence-electron chi connectivity index (χ2n) is 14.5. The van der Waals surface area contributed by atoms with E-state index in [1.807, 2.05) is 18.2 Å². The minimum Gasteiger partial charge on any atom is -0.248 e. The molecule has 0 atom stereocenters. The second-order valence-corrected chi connectivity index (χ2v) is 14.5. The van der Waals surface area contributed by atoms with Gasteiger partial charge in [-0.2, -0.15) is 0 Å². The Morgan fingerprint density at radius 3 is 1.19 bits per heavy atom. The van der Waals surface area contributed by atoms with Gasteiger partial charge in [0.1, 0.15) is 0 Å². The van der Waals surface area contributed by atoms with Crippen molar-refractivity contribution < 1.29 is 0 Å². The fourth-order valence-corrected chi connectivity index (χ4v) is 7.67. The summed E-state index contributed by atoms with van der Waals surface area (Å²) < 4.78 is 0. The zero-order valence-corrected chi connectivity index (χ0v) is 31.7. The summed E-state index contributed by atoms with van der Waals surface area (Å²) in [6, 6.07) is 78.7. The maximum atomic E-state index is 5.39. The van der Waals surface area contributed by atoms with Crippen molar-refractivity contribution in [2.45, 2.75) is 0 Å². The minimum atomic E-state index is 0.659. The molecule has 0 spiro atoms. The van der Waals surface area contributed by atoms with Crippen LogP contribution in [0.5, 0.6) is 0 Å². The second kappa shape index (κ2) is 15.4. The molecule has 2 heterocycles. The van der Waals surface area contributed by atoms with Gasteiger partial charge in [-0.15, -0.1) is 0 Å². The van der Waals surface area contributed by atoms with Crippen LogP contribution < -0.4 is 0 Å². The van der Waals surface area contributed by atoms with Gasteiger partial charge in [-0.1, -0.05) is 182 Å². The van der Waals surface area contributed by atoms with Crippen LogP contribution in [-0.4, -0.2) is 15.0 Å². The van der Waals surface area contributed by atoms with E-state index < -0.39 is 0 Å². The molecule has 10 rings (SSSR count). The predicted octanol–water partition coefficient (Wildman–Crippen LogP) is 14.4. The van der Waals surface area contributed by atoms with Crippen LogP contribution in [0.3, 0.4) is 0 Å². The summed E-state index contributed by atoms with van der Waals surface area (Å²) in [6.07, 6.45) is 0. The molecule has 0 saturated carbocycles. The van der Waals surface area contributed by atoms with Gasteiger partial charge < -0.3 is 0 Å². The molecule has 0 amide bonds. The number of hydrogen-bond donors (Lipinski definition) is 0. The number of pyridine rings is 1. The first kappa shape index (κ1) is 34.7. The van der Waals surface area contributed by atoms with E-state index in [9.17, 15) is 0 Å². The van der Waals surface area contributed by atoms with Crippen LogP contribution >= 0.6 is 0 Å². The number of aromatic nitrogens is 3. The Morgan fingerprint density at radius 1 is 0.224 bits per heavy atom. The summed E-state index contributed by atoms with van der Waals surface area (Å²) in [5, 5.41) is 1.01. The Morgan fingerprint density at radius 2 is 0.621 bits per heavy atom. The topological polar surface area (TPSA) is 38.7 Å². The number of nitrogens with zero attached hydrogens (tertiary/aromatic N) is 3. The molecule has 0 aliphatic rings. The number of fused-ring (bicyclic) bond motifs is 1. The lowest BCUT2D eigenvalue weighted by Gasteiger charge is -2.15. The van der Waals surface area contributed by atoms with Crippen LogP contribution in [0.2, 0.25) is 0 Å². The molecule has 10 aromatic rings. The third-order valence-corrected chi connectivity index (χ3v) is 10.7. The smallest absolute Gasteiger partial charge is 0.160 e. The van der Waals surface area contributed by atoms with Crippen LogP contribution in [0.4, 0.5) is 0 Å². The highest BCUT2D eigenvalue weighted by Crippen LogP contribution is 2.37. The Bertz CT molecular complexity index is 3000. The van der Waals surface area contributed by atoms with Gasteiger partial charge >= 0.3 is 0 Å². The average molecular weight is 740 g/mol. The average Bonchev–Trinajstić information content (AvgIpc) is 3.32. The lowest BCUT2D eigenvalue weighted by Crippen LogP contribution is -1.97. The highest BCUT2D eigenvalue weighted by atomic mass is 14.9. The van der Waals surface area contributed by atoms with E-state index >= 15 is 0 Å². The van der Waals surface area contributed by atoms with E-state index in [1.165, 1.54) is 11.1 Å². The Kier molecular flexibility index (Phi) is 9.23. The predicted molar refractivity (Wildman–Crippen MR) is 241 cm³/mol. The highest BCUT2D eigenvalue weighted by molar-refractivity contribution is 5.96. The first-order valence-electron chi connectivity index (χ1n) is 19.6. The molecule has 0 saturated heterocycles. The van der Waals surface area contributed by atoms with Gasteiger partial charge in [0.15, 0.2) is 5.82 Å². The van der Waals surface area contributed by atoms with Crippen molar-refractivity contribution in [1.82, 2.24) is 15.0 Å². The summed E-state index contributed by atoms with van der Waals surface area (Å²) in [6.45, 7) is 0. The number of rotatable bonds is 8. The van der Waals surface area contributed by atoms with E-state index in [4.69, 9.17) is 15.0 Å². The van der Waals surface area contributed by atoms with E-state index in [1.54, 1.807) is 0 Å². The molecule has 0 radical (unpaired) electrons. The van der Waals surface area contributed by atoms with Crippen molar-refractivity contribution in [3.05, 3.63) is 224 Å². The molecule has 0 bridgehead atoms.